The van der Waals surface area contributed by atoms with E-state index in [2.05, 4.69) is 25.2 Å². The summed E-state index contributed by atoms with van der Waals surface area (Å²) in [7, 11) is 5.86. The maximum Gasteiger partial charge on any atom is 0.143 e. The number of likely N-dealkylation sites (tertiary alicyclic amines) is 1. The quantitative estimate of drug-likeness (QED) is 0.509. The first-order valence-electron chi connectivity index (χ1n) is 8.69. The van der Waals surface area contributed by atoms with Crippen LogP contribution in [0, 0.1) is 0 Å². The number of hydrogen-bond donors (Lipinski definition) is 4. The molecule has 3 heterocycles. The van der Waals surface area contributed by atoms with Crippen LogP contribution < -0.4 is 16.5 Å². The van der Waals surface area contributed by atoms with Crippen LogP contribution in [0.1, 0.15) is 12.0 Å². The van der Waals surface area contributed by atoms with Crippen LogP contribution in [0.5, 0.6) is 0 Å². The average molecular weight is 348 g/mol. The summed E-state index contributed by atoms with van der Waals surface area (Å²) in [4.78, 5) is 14.1. The van der Waals surface area contributed by atoms with Gasteiger partial charge in [0, 0.05) is 37.6 Å². The van der Waals surface area contributed by atoms with Gasteiger partial charge < -0.3 is 21.1 Å². The molecule has 4 rings (SSSR count). The predicted octanol–water partition coefficient (Wildman–Crippen LogP) is 0.389. The van der Waals surface area contributed by atoms with Crippen molar-refractivity contribution in [3.05, 3.63) is 42.4 Å². The van der Waals surface area contributed by atoms with Gasteiger partial charge >= 0.3 is 0 Å². The van der Waals surface area contributed by atoms with Crippen molar-refractivity contribution in [2.45, 2.75) is 25.1 Å². The number of fused-ring (bicyclic) bond motifs is 1. The summed E-state index contributed by atoms with van der Waals surface area (Å²) in [5.41, 5.74) is 9.32. The number of anilines is 2. The molecule has 2 unspecified atom stereocenters. The lowest BCUT2D eigenvalue weighted by atomic mass is 9.96. The largest absolute Gasteiger partial charge is 0.390 e. The number of β-amino-alcohol motifs (C(OH)–C–C–N with tert-alkyl or cyclic N) is 1. The van der Waals surface area contributed by atoms with E-state index >= 15 is 0 Å². The molecular formula is C18H21BN6O. The smallest absolute Gasteiger partial charge is 0.143 e. The van der Waals surface area contributed by atoms with E-state index in [0.717, 1.165) is 41.1 Å². The molecule has 1 aromatic carbocycles. The summed E-state index contributed by atoms with van der Waals surface area (Å²) in [6.45, 7) is 2.12. The van der Waals surface area contributed by atoms with E-state index in [1.54, 1.807) is 0 Å². The van der Waals surface area contributed by atoms with Crippen molar-refractivity contribution in [3.63, 3.8) is 0 Å². The number of hydrogen-bond acceptors (Lipinski definition) is 6. The van der Waals surface area contributed by atoms with Crippen molar-refractivity contribution >= 4 is 35.8 Å². The van der Waals surface area contributed by atoms with Crippen molar-refractivity contribution in [1.82, 2.24) is 19.9 Å². The van der Waals surface area contributed by atoms with Gasteiger partial charge in [0.15, 0.2) is 0 Å². The number of nitrogens with one attached hydrogen (secondary N) is 2. The van der Waals surface area contributed by atoms with Gasteiger partial charge in [-0.15, -0.1) is 0 Å². The van der Waals surface area contributed by atoms with Gasteiger partial charge in [0.1, 0.15) is 25.6 Å². The number of nitrogens with two attached hydrogens (primary N) is 1. The van der Waals surface area contributed by atoms with Gasteiger partial charge in [-0.2, -0.15) is 0 Å². The molecule has 2 atom stereocenters. The van der Waals surface area contributed by atoms with Crippen LogP contribution in [0.2, 0.25) is 0 Å². The monoisotopic (exact) mass is 348 g/mol. The van der Waals surface area contributed by atoms with Crippen molar-refractivity contribution in [2.24, 2.45) is 5.73 Å². The second-order valence-electron chi connectivity index (χ2n) is 6.77. The molecule has 132 valence electrons. The van der Waals surface area contributed by atoms with E-state index in [9.17, 15) is 5.11 Å². The molecule has 8 heteroatoms. The normalized spacial score (nSPS) is 21.2. The van der Waals surface area contributed by atoms with E-state index in [1.807, 2.05) is 30.5 Å². The highest BCUT2D eigenvalue weighted by molar-refractivity contribution is 6.32. The van der Waals surface area contributed by atoms with Gasteiger partial charge in [-0.1, -0.05) is 17.6 Å². The Kier molecular flexibility index (Phi) is 4.63. The number of H-pyrrole nitrogens is 1. The Hall–Kier alpha value is -2.42. The van der Waals surface area contributed by atoms with Crippen LogP contribution >= 0.6 is 0 Å². The molecular weight excluding hydrogens is 327 g/mol. The highest BCUT2D eigenvalue weighted by atomic mass is 16.3. The highest BCUT2D eigenvalue weighted by Gasteiger charge is 2.25. The van der Waals surface area contributed by atoms with E-state index in [0.29, 0.717) is 18.6 Å². The van der Waals surface area contributed by atoms with E-state index < -0.39 is 6.10 Å². The summed E-state index contributed by atoms with van der Waals surface area (Å²) in [5.74, 6) is 0.728. The average Bonchev–Trinajstić information content (AvgIpc) is 3.02. The Morgan fingerprint density at radius 1 is 1.38 bits per heavy atom. The zero-order valence-electron chi connectivity index (χ0n) is 14.4. The number of nitrogens with zero attached hydrogens (tertiary/aromatic N) is 3. The molecule has 0 amide bonds. The maximum absolute atomic E-state index is 10.0. The Morgan fingerprint density at radius 3 is 3.08 bits per heavy atom. The van der Waals surface area contributed by atoms with E-state index in [1.165, 1.54) is 6.33 Å². The molecule has 1 aliphatic heterocycles. The van der Waals surface area contributed by atoms with Gasteiger partial charge in [0.2, 0.25) is 0 Å². The molecule has 0 saturated carbocycles. The molecule has 1 saturated heterocycles. The summed E-state index contributed by atoms with van der Waals surface area (Å²) in [6, 6.07) is 7.40. The van der Waals surface area contributed by atoms with Crippen molar-refractivity contribution in [2.75, 3.05) is 18.4 Å². The minimum absolute atomic E-state index is 0.140. The molecule has 7 nitrogen and oxygen atoms in total. The topological polar surface area (TPSA) is 103 Å². The number of aromatic nitrogens is 3. The summed E-state index contributed by atoms with van der Waals surface area (Å²) < 4.78 is 0. The highest BCUT2D eigenvalue weighted by Crippen LogP contribution is 2.27. The van der Waals surface area contributed by atoms with Crippen LogP contribution in [-0.2, 0) is 6.54 Å². The second kappa shape index (κ2) is 7.07. The van der Waals surface area contributed by atoms with Gasteiger partial charge in [-0.25, -0.2) is 9.97 Å². The maximum atomic E-state index is 10.0. The Morgan fingerprint density at radius 2 is 2.27 bits per heavy atom. The fraction of sp³-hybridized carbons (Fsp3) is 0.333. The zero-order valence-corrected chi connectivity index (χ0v) is 14.4. The number of aromatic amines is 1. The second-order valence-corrected chi connectivity index (χ2v) is 6.77. The number of aliphatic hydroxyl groups excluding tert-OH is 1. The van der Waals surface area contributed by atoms with Crippen LogP contribution in [0.3, 0.4) is 0 Å². The predicted molar refractivity (Wildman–Crippen MR) is 103 cm³/mol. The third-order valence-corrected chi connectivity index (χ3v) is 4.81. The van der Waals surface area contributed by atoms with Crippen molar-refractivity contribution < 1.29 is 5.11 Å². The first-order valence-corrected chi connectivity index (χ1v) is 8.69. The van der Waals surface area contributed by atoms with Crippen LogP contribution in [0.4, 0.5) is 11.5 Å². The van der Waals surface area contributed by atoms with Crippen LogP contribution in [0.15, 0.2) is 36.8 Å². The Balaban J connectivity index is 1.62. The van der Waals surface area contributed by atoms with Gasteiger partial charge in [-0.3, -0.25) is 4.90 Å². The standard InChI is InChI=1S/C18H21BN6O/c19-12-2-1-3-13(6-12)24-18-16-11(7-21-17(16)22-10-23-18)8-25-5-4-14(20)15(26)9-25/h1-3,6-7,10,14-15,26H,4-5,8-9,20H2,(H2,21,22,23,24). The first-order chi connectivity index (χ1) is 12.6. The minimum Gasteiger partial charge on any atom is -0.390 e. The number of rotatable bonds is 4. The molecule has 5 N–H and O–H groups in total. The Bertz CT molecular complexity index is 914. The fourth-order valence-corrected chi connectivity index (χ4v) is 3.40. The lowest BCUT2D eigenvalue weighted by molar-refractivity contribution is 0.0501. The SMILES string of the molecule is [B]c1cccc(Nc2ncnc3[nH]cc(CN4CCC(N)C(O)C4)c23)c1. The molecule has 0 spiro atoms. The molecule has 3 aromatic rings. The van der Waals surface area contributed by atoms with Gasteiger partial charge in [0.05, 0.1) is 11.5 Å². The first kappa shape index (κ1) is 17.0. The molecule has 1 aliphatic rings. The molecule has 0 bridgehead atoms. The van der Waals surface area contributed by atoms with Gasteiger partial charge in [-0.05, 0) is 24.1 Å². The van der Waals surface area contributed by atoms with Crippen LogP contribution in [0.25, 0.3) is 11.0 Å². The summed E-state index contributed by atoms with van der Waals surface area (Å²) in [6.07, 6.45) is 3.77. The van der Waals surface area contributed by atoms with Crippen molar-refractivity contribution in [1.29, 1.82) is 0 Å². The van der Waals surface area contributed by atoms with Crippen LogP contribution in [-0.4, -0.2) is 58.0 Å². The zero-order chi connectivity index (χ0) is 18.1. The molecule has 2 radical (unpaired) electrons. The number of piperidine rings is 1. The lowest BCUT2D eigenvalue weighted by Gasteiger charge is -2.33. The lowest BCUT2D eigenvalue weighted by Crippen LogP contribution is -2.50. The van der Waals surface area contributed by atoms with Gasteiger partial charge in [0.25, 0.3) is 0 Å². The summed E-state index contributed by atoms with van der Waals surface area (Å²) >= 11 is 0. The number of benzene rings is 1. The fourth-order valence-electron chi connectivity index (χ4n) is 3.40. The third kappa shape index (κ3) is 3.44. The summed E-state index contributed by atoms with van der Waals surface area (Å²) in [5, 5.41) is 14.3. The third-order valence-electron chi connectivity index (χ3n) is 4.81. The van der Waals surface area contributed by atoms with E-state index in [-0.39, 0.29) is 6.04 Å². The molecule has 0 aliphatic carbocycles. The number of aliphatic hydroxyl groups is 1. The minimum atomic E-state index is -0.491. The van der Waals surface area contributed by atoms with E-state index in [4.69, 9.17) is 13.6 Å². The van der Waals surface area contributed by atoms with Crippen molar-refractivity contribution in [3.8, 4) is 0 Å². The molecule has 26 heavy (non-hydrogen) atoms. The molecule has 2 aromatic heterocycles. The molecule has 1 fully saturated rings. The Labute approximate surface area is 153 Å².